The van der Waals surface area contributed by atoms with E-state index in [2.05, 4.69) is 6.58 Å². The number of aliphatic hydroxyl groups is 1. The molecule has 0 heterocycles. The predicted octanol–water partition coefficient (Wildman–Crippen LogP) is 2.93. The van der Waals surface area contributed by atoms with Gasteiger partial charge in [-0.25, -0.2) is 4.79 Å². The highest BCUT2D eigenvalue weighted by Crippen LogP contribution is 2.54. The van der Waals surface area contributed by atoms with E-state index in [-0.39, 0.29) is 5.97 Å². The van der Waals surface area contributed by atoms with Crippen molar-refractivity contribution in [3.8, 4) is 0 Å². The van der Waals surface area contributed by atoms with Gasteiger partial charge < -0.3 is 9.84 Å². The maximum atomic E-state index is 11.0. The predicted molar refractivity (Wildman–Crippen MR) is 74.5 cm³/mol. The van der Waals surface area contributed by atoms with Crippen LogP contribution < -0.4 is 0 Å². The molecule has 0 amide bonds. The van der Waals surface area contributed by atoms with Crippen LogP contribution in [0.2, 0.25) is 0 Å². The Balaban J connectivity index is 1.73. The fourth-order valence-electron chi connectivity index (χ4n) is 4.13. The molecule has 19 heavy (non-hydrogen) atoms. The minimum Gasteiger partial charge on any atom is -0.463 e. The van der Waals surface area contributed by atoms with E-state index in [1.807, 2.05) is 13.8 Å². The second-order valence-corrected chi connectivity index (χ2v) is 6.92. The largest absolute Gasteiger partial charge is 0.463 e. The van der Waals surface area contributed by atoms with Crippen molar-refractivity contribution in [2.75, 3.05) is 6.61 Å². The summed E-state index contributed by atoms with van der Waals surface area (Å²) in [7, 11) is 0. The number of carbonyl (C=O) groups excluding carboxylic acids is 1. The number of fused-ring (bicyclic) bond motifs is 2. The molecule has 0 aromatic rings. The van der Waals surface area contributed by atoms with E-state index < -0.39 is 5.60 Å². The smallest absolute Gasteiger partial charge is 0.330 e. The van der Waals surface area contributed by atoms with Crippen molar-refractivity contribution in [2.24, 2.45) is 23.7 Å². The van der Waals surface area contributed by atoms with E-state index in [0.717, 1.165) is 24.7 Å². The summed E-state index contributed by atoms with van der Waals surface area (Å²) in [5, 5.41) is 9.93. The maximum absolute atomic E-state index is 11.0. The molecule has 0 spiro atoms. The quantitative estimate of drug-likeness (QED) is 0.594. The lowest BCUT2D eigenvalue weighted by Gasteiger charge is -2.31. The molecule has 2 bridgehead atoms. The van der Waals surface area contributed by atoms with E-state index in [9.17, 15) is 9.90 Å². The zero-order chi connectivity index (χ0) is 14.0. The number of hydrogen-bond donors (Lipinski definition) is 1. The van der Waals surface area contributed by atoms with Crippen LogP contribution in [0.3, 0.4) is 0 Å². The van der Waals surface area contributed by atoms with Gasteiger partial charge in [-0.2, -0.15) is 0 Å². The summed E-state index contributed by atoms with van der Waals surface area (Å²) in [5.41, 5.74) is -0.538. The average molecular weight is 266 g/mol. The SMILES string of the molecule is C=CC(=O)OCCC1CC2CC1CC2CC(C)(C)O. The molecule has 0 saturated heterocycles. The van der Waals surface area contributed by atoms with Crippen molar-refractivity contribution in [3.63, 3.8) is 0 Å². The first kappa shape index (κ1) is 14.6. The van der Waals surface area contributed by atoms with Crippen molar-refractivity contribution in [1.29, 1.82) is 0 Å². The first-order chi connectivity index (χ1) is 8.89. The highest BCUT2D eigenvalue weighted by Gasteiger charge is 2.46. The third kappa shape index (κ3) is 3.82. The summed E-state index contributed by atoms with van der Waals surface area (Å²) in [6.07, 6.45) is 6.93. The van der Waals surface area contributed by atoms with E-state index in [1.54, 1.807) is 0 Å². The van der Waals surface area contributed by atoms with Crippen LogP contribution in [-0.2, 0) is 9.53 Å². The summed E-state index contributed by atoms with van der Waals surface area (Å²) < 4.78 is 5.07. The molecule has 3 heteroatoms. The number of hydrogen-bond acceptors (Lipinski definition) is 3. The van der Waals surface area contributed by atoms with E-state index in [0.29, 0.717) is 18.4 Å². The van der Waals surface area contributed by atoms with Gasteiger partial charge in [0, 0.05) is 6.08 Å². The second kappa shape index (κ2) is 5.66. The van der Waals surface area contributed by atoms with Crippen LogP contribution >= 0.6 is 0 Å². The van der Waals surface area contributed by atoms with Gasteiger partial charge in [-0.1, -0.05) is 6.58 Å². The summed E-state index contributed by atoms with van der Waals surface area (Å²) in [4.78, 5) is 11.0. The number of ether oxygens (including phenoxy) is 1. The van der Waals surface area contributed by atoms with E-state index in [1.165, 1.54) is 25.3 Å². The minimum absolute atomic E-state index is 0.317. The van der Waals surface area contributed by atoms with Crippen molar-refractivity contribution in [2.45, 2.75) is 51.6 Å². The van der Waals surface area contributed by atoms with Crippen molar-refractivity contribution in [1.82, 2.24) is 0 Å². The zero-order valence-corrected chi connectivity index (χ0v) is 12.1. The van der Waals surface area contributed by atoms with Gasteiger partial charge in [-0.15, -0.1) is 0 Å². The highest BCUT2D eigenvalue weighted by atomic mass is 16.5. The molecule has 108 valence electrons. The van der Waals surface area contributed by atoms with Gasteiger partial charge >= 0.3 is 5.97 Å². The highest BCUT2D eigenvalue weighted by molar-refractivity contribution is 5.81. The van der Waals surface area contributed by atoms with Crippen molar-refractivity contribution < 1.29 is 14.6 Å². The van der Waals surface area contributed by atoms with Gasteiger partial charge in [0.15, 0.2) is 0 Å². The van der Waals surface area contributed by atoms with E-state index >= 15 is 0 Å². The lowest BCUT2D eigenvalue weighted by molar-refractivity contribution is -0.138. The second-order valence-electron chi connectivity index (χ2n) is 6.92. The molecule has 4 unspecified atom stereocenters. The molecular formula is C16H26O3. The lowest BCUT2D eigenvalue weighted by atomic mass is 9.77. The number of rotatable bonds is 6. The lowest BCUT2D eigenvalue weighted by Crippen LogP contribution is -2.28. The van der Waals surface area contributed by atoms with Crippen LogP contribution in [0.1, 0.15) is 46.0 Å². The Morgan fingerprint density at radius 2 is 1.95 bits per heavy atom. The monoisotopic (exact) mass is 266 g/mol. The Kier molecular flexibility index (Phi) is 4.34. The number of carbonyl (C=O) groups is 1. The van der Waals surface area contributed by atoms with Crippen LogP contribution in [0.4, 0.5) is 0 Å². The molecule has 2 aliphatic carbocycles. The van der Waals surface area contributed by atoms with Gasteiger partial charge in [0.25, 0.3) is 0 Å². The Hall–Kier alpha value is -0.830. The minimum atomic E-state index is -0.538. The first-order valence-corrected chi connectivity index (χ1v) is 7.40. The molecule has 0 aromatic carbocycles. The molecular weight excluding hydrogens is 240 g/mol. The maximum Gasteiger partial charge on any atom is 0.330 e. The van der Waals surface area contributed by atoms with Crippen LogP contribution in [0.5, 0.6) is 0 Å². The average Bonchev–Trinajstić information content (AvgIpc) is 2.86. The fourth-order valence-corrected chi connectivity index (χ4v) is 4.13. The molecule has 2 rings (SSSR count). The van der Waals surface area contributed by atoms with Crippen LogP contribution in [0.15, 0.2) is 12.7 Å². The van der Waals surface area contributed by atoms with Gasteiger partial charge in [0.05, 0.1) is 12.2 Å². The Morgan fingerprint density at radius 3 is 2.47 bits per heavy atom. The van der Waals surface area contributed by atoms with Crippen molar-refractivity contribution >= 4 is 5.97 Å². The third-order valence-electron chi connectivity index (χ3n) is 4.81. The summed E-state index contributed by atoms with van der Waals surface area (Å²) in [6.45, 7) is 7.73. The molecule has 2 fully saturated rings. The Bertz CT molecular complexity index is 342. The summed E-state index contributed by atoms with van der Waals surface area (Å²) in [6, 6.07) is 0. The molecule has 0 radical (unpaired) electrons. The van der Waals surface area contributed by atoms with Crippen LogP contribution in [0, 0.1) is 23.7 Å². The summed E-state index contributed by atoms with van der Waals surface area (Å²) in [5.74, 6) is 2.64. The van der Waals surface area contributed by atoms with Crippen molar-refractivity contribution in [3.05, 3.63) is 12.7 Å². The molecule has 2 aliphatic rings. The first-order valence-electron chi connectivity index (χ1n) is 7.40. The van der Waals surface area contributed by atoms with Gasteiger partial charge in [0.2, 0.25) is 0 Å². The summed E-state index contributed by atoms with van der Waals surface area (Å²) >= 11 is 0. The zero-order valence-electron chi connectivity index (χ0n) is 12.1. The molecule has 1 N–H and O–H groups in total. The standard InChI is InChI=1S/C16H26O3/c1-4-15(17)19-6-5-11-7-13-8-12(11)9-14(13)10-16(2,3)18/h4,11-14,18H,1,5-10H2,2-3H3. The van der Waals surface area contributed by atoms with Crippen LogP contribution in [0.25, 0.3) is 0 Å². The molecule has 3 nitrogen and oxygen atoms in total. The van der Waals surface area contributed by atoms with Crippen LogP contribution in [-0.4, -0.2) is 23.3 Å². The Morgan fingerprint density at radius 1 is 1.32 bits per heavy atom. The molecule has 4 atom stereocenters. The topological polar surface area (TPSA) is 46.5 Å². The fraction of sp³-hybridized carbons (Fsp3) is 0.812. The van der Waals surface area contributed by atoms with E-state index in [4.69, 9.17) is 4.74 Å². The Labute approximate surface area is 116 Å². The number of esters is 1. The van der Waals surface area contributed by atoms with Gasteiger partial charge in [-0.3, -0.25) is 0 Å². The van der Waals surface area contributed by atoms with Gasteiger partial charge in [-0.05, 0) is 69.6 Å². The molecule has 2 saturated carbocycles. The third-order valence-corrected chi connectivity index (χ3v) is 4.81. The molecule has 0 aliphatic heterocycles. The normalized spacial score (nSPS) is 33.4. The van der Waals surface area contributed by atoms with Gasteiger partial charge in [0.1, 0.15) is 0 Å². The molecule has 0 aromatic heterocycles.